The second kappa shape index (κ2) is 8.89. The summed E-state index contributed by atoms with van der Waals surface area (Å²) >= 11 is 1.39. The first-order valence-corrected chi connectivity index (χ1v) is 11.4. The molecule has 0 radical (unpaired) electrons. The predicted molar refractivity (Wildman–Crippen MR) is 123 cm³/mol. The van der Waals surface area contributed by atoms with Gasteiger partial charge in [0, 0.05) is 19.3 Å². The Morgan fingerprint density at radius 2 is 2.03 bits per heavy atom. The first kappa shape index (κ1) is 22.8. The molecule has 0 aromatic carbocycles. The van der Waals surface area contributed by atoms with Crippen LogP contribution in [0.15, 0.2) is 29.9 Å². The first-order valence-electron chi connectivity index (χ1n) is 10.5. The Balaban J connectivity index is 1.46. The van der Waals surface area contributed by atoms with Crippen LogP contribution in [-0.4, -0.2) is 56.6 Å². The number of fused-ring (bicyclic) bond motifs is 1. The molecule has 0 spiro atoms. The SMILES string of the molecule is CC(Nc1nc(C(=O)N2CC(NC(=O)OC(C)(C)C)C2)c2sccc2n1)c1cncc(F)c1. The number of alkyl carbamates (subject to hydrolysis) is 1. The first-order chi connectivity index (χ1) is 15.6. The van der Waals surface area contributed by atoms with Gasteiger partial charge in [-0.2, -0.15) is 0 Å². The standard InChI is InChI=1S/C22H25FN6O3S/c1-12(13-7-14(23)9-24-8-13)25-20-27-16-5-6-33-18(16)17(28-20)19(30)29-10-15(11-29)26-21(31)32-22(2,3)4/h5-9,12,15H,10-11H2,1-4H3,(H,26,31)(H,25,27,28). The number of anilines is 1. The Hall–Kier alpha value is -3.34. The molecule has 3 aromatic heterocycles. The number of hydrogen-bond acceptors (Lipinski definition) is 8. The zero-order valence-electron chi connectivity index (χ0n) is 18.8. The highest BCUT2D eigenvalue weighted by Gasteiger charge is 2.35. The fourth-order valence-corrected chi connectivity index (χ4v) is 4.19. The number of hydrogen-bond donors (Lipinski definition) is 2. The van der Waals surface area contributed by atoms with E-state index in [1.54, 1.807) is 31.9 Å². The molecule has 1 saturated heterocycles. The van der Waals surface area contributed by atoms with Crippen LogP contribution in [-0.2, 0) is 4.74 Å². The fourth-order valence-electron chi connectivity index (χ4n) is 3.37. The molecular weight excluding hydrogens is 447 g/mol. The third kappa shape index (κ3) is 5.36. The van der Waals surface area contributed by atoms with Crippen molar-refractivity contribution in [3.63, 3.8) is 0 Å². The molecule has 174 valence electrons. The summed E-state index contributed by atoms with van der Waals surface area (Å²) in [7, 11) is 0. The molecule has 9 nitrogen and oxygen atoms in total. The second-order valence-electron chi connectivity index (χ2n) is 8.89. The quantitative estimate of drug-likeness (QED) is 0.582. The molecule has 2 N–H and O–H groups in total. The molecule has 4 rings (SSSR count). The Morgan fingerprint density at radius 3 is 2.73 bits per heavy atom. The molecule has 3 aromatic rings. The number of thiophene rings is 1. The summed E-state index contributed by atoms with van der Waals surface area (Å²) in [6.45, 7) is 7.94. The average Bonchev–Trinajstić information content (AvgIpc) is 3.16. The maximum Gasteiger partial charge on any atom is 0.407 e. The number of pyridine rings is 1. The average molecular weight is 473 g/mol. The molecule has 1 atom stereocenters. The summed E-state index contributed by atoms with van der Waals surface area (Å²) in [5, 5.41) is 7.74. The third-order valence-corrected chi connectivity index (χ3v) is 5.88. The van der Waals surface area contributed by atoms with E-state index >= 15 is 0 Å². The summed E-state index contributed by atoms with van der Waals surface area (Å²) in [5.41, 5.74) is 0.986. The smallest absolute Gasteiger partial charge is 0.407 e. The lowest BCUT2D eigenvalue weighted by atomic mass is 10.1. The molecule has 1 fully saturated rings. The van der Waals surface area contributed by atoms with Crippen LogP contribution in [0.4, 0.5) is 15.1 Å². The summed E-state index contributed by atoms with van der Waals surface area (Å²) in [6.07, 6.45) is 2.20. The van der Waals surface area contributed by atoms with E-state index in [1.807, 2.05) is 18.4 Å². The van der Waals surface area contributed by atoms with Crippen LogP contribution in [0.2, 0.25) is 0 Å². The van der Waals surface area contributed by atoms with E-state index in [-0.39, 0.29) is 29.6 Å². The van der Waals surface area contributed by atoms with Crippen molar-refractivity contribution in [2.45, 2.75) is 45.4 Å². The lowest BCUT2D eigenvalue weighted by Crippen LogP contribution is -2.61. The third-order valence-electron chi connectivity index (χ3n) is 4.97. The van der Waals surface area contributed by atoms with Gasteiger partial charge in [0.1, 0.15) is 11.4 Å². The minimum absolute atomic E-state index is 0.178. The van der Waals surface area contributed by atoms with Crippen LogP contribution in [0.5, 0.6) is 0 Å². The molecule has 1 aliphatic rings. The Kier molecular flexibility index (Phi) is 6.15. The summed E-state index contributed by atoms with van der Waals surface area (Å²) in [4.78, 5) is 39.5. The van der Waals surface area contributed by atoms with Crippen molar-refractivity contribution in [2.24, 2.45) is 0 Å². The van der Waals surface area contributed by atoms with E-state index in [0.29, 0.717) is 28.9 Å². The van der Waals surface area contributed by atoms with E-state index in [1.165, 1.54) is 17.4 Å². The van der Waals surface area contributed by atoms with Crippen molar-refractivity contribution in [1.29, 1.82) is 0 Å². The van der Waals surface area contributed by atoms with Gasteiger partial charge < -0.3 is 20.3 Å². The molecule has 0 bridgehead atoms. The summed E-state index contributed by atoms with van der Waals surface area (Å²) < 4.78 is 19.5. The topological polar surface area (TPSA) is 109 Å². The predicted octanol–water partition coefficient (Wildman–Crippen LogP) is 3.75. The van der Waals surface area contributed by atoms with Gasteiger partial charge in [-0.05, 0) is 50.8 Å². The van der Waals surface area contributed by atoms with Gasteiger partial charge in [-0.15, -0.1) is 11.3 Å². The zero-order chi connectivity index (χ0) is 23.8. The number of carbonyl (C=O) groups excluding carboxylic acids is 2. The molecule has 0 aliphatic carbocycles. The maximum absolute atomic E-state index is 13.5. The Bertz CT molecular complexity index is 1190. The van der Waals surface area contributed by atoms with E-state index in [2.05, 4.69) is 25.6 Å². The highest BCUT2D eigenvalue weighted by molar-refractivity contribution is 7.17. The van der Waals surface area contributed by atoms with Gasteiger partial charge in [-0.3, -0.25) is 9.78 Å². The zero-order valence-corrected chi connectivity index (χ0v) is 19.6. The van der Waals surface area contributed by atoms with Gasteiger partial charge in [-0.1, -0.05) is 0 Å². The summed E-state index contributed by atoms with van der Waals surface area (Å²) in [5.74, 6) is -0.404. The van der Waals surface area contributed by atoms with Crippen molar-refractivity contribution in [1.82, 2.24) is 25.2 Å². The van der Waals surface area contributed by atoms with Crippen LogP contribution in [0.25, 0.3) is 10.2 Å². The highest BCUT2D eigenvalue weighted by atomic mass is 32.1. The molecule has 1 aliphatic heterocycles. The number of rotatable bonds is 5. The van der Waals surface area contributed by atoms with E-state index < -0.39 is 17.5 Å². The summed E-state index contributed by atoms with van der Waals surface area (Å²) in [6, 6.07) is 2.71. The second-order valence-corrected chi connectivity index (χ2v) is 9.80. The Morgan fingerprint density at radius 1 is 1.27 bits per heavy atom. The molecule has 4 heterocycles. The van der Waals surface area contributed by atoms with Gasteiger partial charge >= 0.3 is 6.09 Å². The number of halogens is 1. The van der Waals surface area contributed by atoms with Crippen molar-refractivity contribution in [2.75, 3.05) is 18.4 Å². The fraction of sp³-hybridized carbons (Fsp3) is 0.409. The largest absolute Gasteiger partial charge is 0.444 e. The van der Waals surface area contributed by atoms with Crippen molar-refractivity contribution in [3.05, 3.63) is 47.0 Å². The lowest BCUT2D eigenvalue weighted by Gasteiger charge is -2.39. The molecule has 11 heteroatoms. The number of carbonyl (C=O) groups is 2. The number of nitrogens with zero attached hydrogens (tertiary/aromatic N) is 4. The van der Waals surface area contributed by atoms with E-state index in [0.717, 1.165) is 6.20 Å². The van der Waals surface area contributed by atoms with Crippen LogP contribution < -0.4 is 10.6 Å². The Labute approximate surface area is 194 Å². The van der Waals surface area contributed by atoms with Crippen LogP contribution in [0.3, 0.4) is 0 Å². The van der Waals surface area contributed by atoms with Gasteiger partial charge in [0.2, 0.25) is 5.95 Å². The minimum atomic E-state index is -0.586. The van der Waals surface area contributed by atoms with Gasteiger partial charge in [0.05, 0.1) is 28.5 Å². The van der Waals surface area contributed by atoms with Crippen molar-refractivity contribution in [3.8, 4) is 0 Å². The molecule has 0 saturated carbocycles. The minimum Gasteiger partial charge on any atom is -0.444 e. The molecule has 1 unspecified atom stereocenters. The normalized spacial score (nSPS) is 15.1. The highest BCUT2D eigenvalue weighted by Crippen LogP contribution is 2.27. The van der Waals surface area contributed by atoms with Gasteiger partial charge in [-0.25, -0.2) is 19.2 Å². The van der Waals surface area contributed by atoms with Crippen LogP contribution in [0.1, 0.15) is 49.8 Å². The van der Waals surface area contributed by atoms with Crippen molar-refractivity contribution < 1.29 is 18.7 Å². The number of aromatic nitrogens is 3. The molecular formula is C22H25FN6O3S. The number of amides is 2. The van der Waals surface area contributed by atoms with Crippen molar-refractivity contribution >= 4 is 39.5 Å². The maximum atomic E-state index is 13.5. The van der Waals surface area contributed by atoms with Crippen LogP contribution in [0, 0.1) is 5.82 Å². The molecule has 33 heavy (non-hydrogen) atoms. The molecule has 2 amide bonds. The van der Waals surface area contributed by atoms with Crippen LogP contribution >= 0.6 is 11.3 Å². The van der Waals surface area contributed by atoms with E-state index in [4.69, 9.17) is 4.74 Å². The lowest BCUT2D eigenvalue weighted by molar-refractivity contribution is 0.0358. The number of likely N-dealkylation sites (tertiary alicyclic amines) is 1. The van der Waals surface area contributed by atoms with E-state index in [9.17, 15) is 14.0 Å². The monoisotopic (exact) mass is 472 g/mol. The van der Waals surface area contributed by atoms with Gasteiger partial charge in [0.25, 0.3) is 5.91 Å². The van der Waals surface area contributed by atoms with Gasteiger partial charge in [0.15, 0.2) is 5.69 Å². The number of nitrogens with one attached hydrogen (secondary N) is 2. The number of ether oxygens (including phenoxy) is 1.